The number of rotatable bonds is 5. The third kappa shape index (κ3) is 4.18. The van der Waals surface area contributed by atoms with Gasteiger partial charge in [0.05, 0.1) is 5.69 Å². The number of nitrogens with one attached hydrogen (secondary N) is 1. The highest BCUT2D eigenvalue weighted by molar-refractivity contribution is 6.06. The number of hydrogen-bond donors (Lipinski definition) is 1. The Morgan fingerprint density at radius 2 is 1.97 bits per heavy atom. The maximum Gasteiger partial charge on any atom is 0.267 e. The minimum atomic E-state index is -0.552. The van der Waals surface area contributed by atoms with E-state index in [0.29, 0.717) is 35.2 Å². The topological polar surface area (TPSA) is 80.6 Å². The van der Waals surface area contributed by atoms with Gasteiger partial charge in [0.2, 0.25) is 0 Å². The van der Waals surface area contributed by atoms with Crippen LogP contribution in [-0.2, 0) is 11.3 Å². The Kier molecular flexibility index (Phi) is 5.77. The zero-order chi connectivity index (χ0) is 21.3. The average molecular weight is 397 g/mol. The normalized spacial score (nSPS) is 15.9. The van der Waals surface area contributed by atoms with Crippen LogP contribution >= 0.6 is 0 Å². The number of benzene rings is 1. The number of anilines is 2. The fraction of sp³-hybridized carbons (Fsp3) is 0.409. The van der Waals surface area contributed by atoms with Crippen molar-refractivity contribution in [3.63, 3.8) is 0 Å². The molecule has 0 saturated carbocycles. The van der Waals surface area contributed by atoms with Gasteiger partial charge in [-0.3, -0.25) is 14.4 Å². The number of pyridine rings is 1. The van der Waals surface area contributed by atoms with Crippen LogP contribution in [0.25, 0.3) is 0 Å². The summed E-state index contributed by atoms with van der Waals surface area (Å²) in [6.45, 7) is 8.19. The number of aromatic nitrogens is 1. The van der Waals surface area contributed by atoms with Crippen LogP contribution in [0, 0.1) is 12.8 Å². The Labute approximate surface area is 170 Å². The maximum atomic E-state index is 12.9. The van der Waals surface area contributed by atoms with E-state index >= 15 is 0 Å². The van der Waals surface area contributed by atoms with Gasteiger partial charge in [-0.05, 0) is 56.0 Å². The quantitative estimate of drug-likeness (QED) is 0.840. The SMILES string of the molecule is Cc1ccn(CCC(C)C)c(=O)c1C(=O)Nc1ccc2c(c1)N(C)C(=O)C(C)O2. The van der Waals surface area contributed by atoms with Gasteiger partial charge >= 0.3 is 0 Å². The fourth-order valence-corrected chi connectivity index (χ4v) is 3.30. The first kappa shape index (κ1) is 20.6. The van der Waals surface area contributed by atoms with Gasteiger partial charge in [-0.15, -0.1) is 0 Å². The highest BCUT2D eigenvalue weighted by atomic mass is 16.5. The third-order valence-corrected chi connectivity index (χ3v) is 5.11. The Hall–Kier alpha value is -3.09. The summed E-state index contributed by atoms with van der Waals surface area (Å²) in [6, 6.07) is 6.86. The molecule has 2 amide bonds. The molecule has 7 nitrogen and oxygen atoms in total. The molecule has 1 aliphatic heterocycles. The molecule has 3 rings (SSSR count). The van der Waals surface area contributed by atoms with Crippen LogP contribution in [0.15, 0.2) is 35.3 Å². The Morgan fingerprint density at radius 3 is 2.66 bits per heavy atom. The van der Waals surface area contributed by atoms with Crippen molar-refractivity contribution < 1.29 is 14.3 Å². The fourth-order valence-electron chi connectivity index (χ4n) is 3.30. The molecule has 0 spiro atoms. The van der Waals surface area contributed by atoms with Gasteiger partial charge in [0.25, 0.3) is 17.4 Å². The molecule has 0 saturated heterocycles. The van der Waals surface area contributed by atoms with Crippen LogP contribution < -0.4 is 20.5 Å². The Bertz CT molecular complexity index is 1010. The maximum absolute atomic E-state index is 12.9. The summed E-state index contributed by atoms with van der Waals surface area (Å²) >= 11 is 0. The minimum Gasteiger partial charge on any atom is -0.479 e. The minimum absolute atomic E-state index is 0.128. The second-order valence-electron chi connectivity index (χ2n) is 7.85. The van der Waals surface area contributed by atoms with Crippen LogP contribution in [0.2, 0.25) is 0 Å². The van der Waals surface area contributed by atoms with Gasteiger partial charge in [-0.25, -0.2) is 0 Å². The number of nitrogens with zero attached hydrogens (tertiary/aromatic N) is 2. The van der Waals surface area contributed by atoms with Crippen LogP contribution in [-0.4, -0.2) is 29.5 Å². The molecule has 29 heavy (non-hydrogen) atoms. The summed E-state index contributed by atoms with van der Waals surface area (Å²) in [4.78, 5) is 39.4. The molecule has 0 aliphatic carbocycles. The van der Waals surface area contributed by atoms with Crippen molar-refractivity contribution in [2.24, 2.45) is 5.92 Å². The summed E-state index contributed by atoms with van der Waals surface area (Å²) in [5, 5.41) is 2.78. The molecule has 1 unspecified atom stereocenters. The number of likely N-dealkylation sites (N-methyl/N-ethyl adjacent to an activating group) is 1. The van der Waals surface area contributed by atoms with E-state index in [1.54, 1.807) is 55.9 Å². The molecule has 2 heterocycles. The number of aryl methyl sites for hydroxylation is 2. The van der Waals surface area contributed by atoms with Gasteiger partial charge < -0.3 is 19.5 Å². The summed E-state index contributed by atoms with van der Waals surface area (Å²) in [5.41, 5.74) is 1.51. The van der Waals surface area contributed by atoms with Gasteiger partial charge in [-0.2, -0.15) is 0 Å². The van der Waals surface area contributed by atoms with Gasteiger partial charge in [0, 0.05) is 25.5 Å². The second kappa shape index (κ2) is 8.11. The zero-order valence-electron chi connectivity index (χ0n) is 17.5. The van der Waals surface area contributed by atoms with Gasteiger partial charge in [0.15, 0.2) is 6.10 Å². The van der Waals surface area contributed by atoms with Crippen molar-refractivity contribution in [2.75, 3.05) is 17.3 Å². The number of hydrogen-bond acceptors (Lipinski definition) is 4. The largest absolute Gasteiger partial charge is 0.479 e. The first-order valence-corrected chi connectivity index (χ1v) is 9.78. The molecule has 0 bridgehead atoms. The lowest BCUT2D eigenvalue weighted by molar-refractivity contribution is -0.125. The predicted molar refractivity (Wildman–Crippen MR) is 113 cm³/mol. The standard InChI is InChI=1S/C22H27N3O4/c1-13(2)8-10-25-11-9-14(3)19(22(25)28)20(26)23-16-6-7-18-17(12-16)24(5)21(27)15(4)29-18/h6-7,9,11-13,15H,8,10H2,1-5H3,(H,23,26). The van der Waals surface area contributed by atoms with E-state index in [0.717, 1.165) is 6.42 Å². The zero-order valence-corrected chi connectivity index (χ0v) is 17.5. The number of ether oxygens (including phenoxy) is 1. The van der Waals surface area contributed by atoms with Crippen LogP contribution in [0.3, 0.4) is 0 Å². The van der Waals surface area contributed by atoms with Gasteiger partial charge in [-0.1, -0.05) is 13.8 Å². The molecular formula is C22H27N3O4. The molecule has 1 aliphatic rings. The van der Waals surface area contributed by atoms with E-state index < -0.39 is 12.0 Å². The summed E-state index contributed by atoms with van der Waals surface area (Å²) < 4.78 is 7.18. The Balaban J connectivity index is 1.87. The monoisotopic (exact) mass is 397 g/mol. The summed E-state index contributed by atoms with van der Waals surface area (Å²) in [7, 11) is 1.67. The van der Waals surface area contributed by atoms with Crippen molar-refractivity contribution in [3.05, 3.63) is 51.9 Å². The molecule has 0 fully saturated rings. The molecular weight excluding hydrogens is 370 g/mol. The molecule has 154 valence electrons. The molecule has 1 N–H and O–H groups in total. The molecule has 7 heteroatoms. The van der Waals surface area contributed by atoms with Crippen LogP contribution in [0.5, 0.6) is 5.75 Å². The summed E-state index contributed by atoms with van der Waals surface area (Å²) in [5.74, 6) is 0.406. The van der Waals surface area contributed by atoms with E-state index in [2.05, 4.69) is 19.2 Å². The average Bonchev–Trinajstić information content (AvgIpc) is 2.66. The van der Waals surface area contributed by atoms with Crippen molar-refractivity contribution in [1.82, 2.24) is 4.57 Å². The molecule has 1 aromatic heterocycles. The Morgan fingerprint density at radius 1 is 1.24 bits per heavy atom. The lowest BCUT2D eigenvalue weighted by Gasteiger charge is -2.30. The molecule has 0 radical (unpaired) electrons. The summed E-state index contributed by atoms with van der Waals surface area (Å²) in [6.07, 6.45) is 2.03. The van der Waals surface area contributed by atoms with E-state index in [-0.39, 0.29) is 17.0 Å². The highest BCUT2D eigenvalue weighted by Crippen LogP contribution is 2.35. The lowest BCUT2D eigenvalue weighted by atomic mass is 10.1. The number of carbonyl (C=O) groups is 2. The predicted octanol–water partition coefficient (Wildman–Crippen LogP) is 3.20. The first-order chi connectivity index (χ1) is 13.7. The number of amides is 2. The van der Waals surface area contributed by atoms with Crippen LogP contribution in [0.4, 0.5) is 11.4 Å². The van der Waals surface area contributed by atoms with E-state index in [1.165, 1.54) is 4.90 Å². The van der Waals surface area contributed by atoms with Crippen molar-refractivity contribution in [2.45, 2.75) is 46.8 Å². The highest BCUT2D eigenvalue weighted by Gasteiger charge is 2.29. The number of carbonyl (C=O) groups excluding carboxylic acids is 2. The van der Waals surface area contributed by atoms with E-state index in [9.17, 15) is 14.4 Å². The van der Waals surface area contributed by atoms with E-state index in [4.69, 9.17) is 4.74 Å². The molecule has 1 aromatic carbocycles. The molecule has 1 atom stereocenters. The van der Waals surface area contributed by atoms with Crippen molar-refractivity contribution >= 4 is 23.2 Å². The van der Waals surface area contributed by atoms with Crippen molar-refractivity contribution in [1.29, 1.82) is 0 Å². The van der Waals surface area contributed by atoms with Crippen molar-refractivity contribution in [3.8, 4) is 5.75 Å². The lowest BCUT2D eigenvalue weighted by Crippen LogP contribution is -2.42. The smallest absolute Gasteiger partial charge is 0.267 e. The van der Waals surface area contributed by atoms with E-state index in [1.807, 2.05) is 0 Å². The van der Waals surface area contributed by atoms with Crippen LogP contribution in [0.1, 0.15) is 43.1 Å². The third-order valence-electron chi connectivity index (χ3n) is 5.11. The second-order valence-corrected chi connectivity index (χ2v) is 7.85. The van der Waals surface area contributed by atoms with Gasteiger partial charge in [0.1, 0.15) is 11.3 Å². The molecule has 2 aromatic rings. The number of fused-ring (bicyclic) bond motifs is 1. The first-order valence-electron chi connectivity index (χ1n) is 9.78.